The molecule has 2 heterocycles. The summed E-state index contributed by atoms with van der Waals surface area (Å²) in [7, 11) is 0. The van der Waals surface area contributed by atoms with Gasteiger partial charge in [-0.25, -0.2) is 0 Å². The van der Waals surface area contributed by atoms with Gasteiger partial charge in [0, 0.05) is 19.0 Å². The second kappa shape index (κ2) is 6.67. The summed E-state index contributed by atoms with van der Waals surface area (Å²) in [6.45, 7) is 6.82. The summed E-state index contributed by atoms with van der Waals surface area (Å²) in [5, 5.41) is 10.4. The first-order valence-corrected chi connectivity index (χ1v) is 8.86. The molecule has 25 heavy (non-hydrogen) atoms. The molecule has 1 fully saturated rings. The van der Waals surface area contributed by atoms with Gasteiger partial charge in [-0.1, -0.05) is 13.0 Å². The standard InChI is InChI=1S/C19H26N2O4/c1-4-14-10-20(8-7-19(14,3)24)17(22)11-21-15-9-13(2)5-6-16(15)25-12-18(21)23/h5-6,9,14,24H,4,7-8,10-12H2,1-3H3/t14-,19+/m1/s1. The summed E-state index contributed by atoms with van der Waals surface area (Å²) in [5.74, 6) is 0.394. The smallest absolute Gasteiger partial charge is 0.265 e. The number of anilines is 1. The highest BCUT2D eigenvalue weighted by Crippen LogP contribution is 2.34. The third kappa shape index (κ3) is 3.49. The number of aliphatic hydroxyl groups is 1. The van der Waals surface area contributed by atoms with Crippen LogP contribution in [0.15, 0.2) is 18.2 Å². The molecule has 2 atom stereocenters. The van der Waals surface area contributed by atoms with Crippen LogP contribution in [-0.4, -0.2) is 53.7 Å². The van der Waals surface area contributed by atoms with E-state index >= 15 is 0 Å². The Labute approximate surface area is 148 Å². The highest BCUT2D eigenvalue weighted by atomic mass is 16.5. The molecule has 3 rings (SSSR count). The molecule has 0 unspecified atom stereocenters. The summed E-state index contributed by atoms with van der Waals surface area (Å²) in [4.78, 5) is 28.4. The zero-order valence-corrected chi connectivity index (χ0v) is 15.1. The van der Waals surface area contributed by atoms with Crippen LogP contribution in [0.5, 0.6) is 5.75 Å². The molecule has 0 bridgehead atoms. The van der Waals surface area contributed by atoms with E-state index < -0.39 is 5.60 Å². The number of piperidine rings is 1. The fourth-order valence-electron chi connectivity index (χ4n) is 3.64. The number of amides is 2. The Bertz CT molecular complexity index is 686. The average Bonchev–Trinajstić information content (AvgIpc) is 2.57. The van der Waals surface area contributed by atoms with Gasteiger partial charge in [0.25, 0.3) is 5.91 Å². The Kier molecular flexibility index (Phi) is 4.73. The number of aryl methyl sites for hydroxylation is 1. The third-order valence-electron chi connectivity index (χ3n) is 5.40. The van der Waals surface area contributed by atoms with Crippen molar-refractivity contribution < 1.29 is 19.4 Å². The maximum absolute atomic E-state index is 12.8. The minimum Gasteiger partial charge on any atom is -0.482 e. The highest BCUT2D eigenvalue weighted by Gasteiger charge is 2.38. The molecule has 2 aliphatic heterocycles. The molecular formula is C19H26N2O4. The van der Waals surface area contributed by atoms with E-state index in [0.717, 1.165) is 12.0 Å². The van der Waals surface area contributed by atoms with Crippen molar-refractivity contribution in [3.05, 3.63) is 23.8 Å². The molecule has 2 amide bonds. The summed E-state index contributed by atoms with van der Waals surface area (Å²) >= 11 is 0. The lowest BCUT2D eigenvalue weighted by Gasteiger charge is -2.43. The van der Waals surface area contributed by atoms with E-state index in [1.165, 1.54) is 4.90 Å². The normalized spacial score (nSPS) is 26.2. The Morgan fingerprint density at radius 1 is 1.44 bits per heavy atom. The van der Waals surface area contributed by atoms with E-state index in [1.54, 1.807) is 4.90 Å². The number of nitrogens with zero attached hydrogens (tertiary/aromatic N) is 2. The van der Waals surface area contributed by atoms with E-state index in [9.17, 15) is 14.7 Å². The van der Waals surface area contributed by atoms with Crippen LogP contribution in [0.1, 0.15) is 32.3 Å². The van der Waals surface area contributed by atoms with Crippen LogP contribution in [0.3, 0.4) is 0 Å². The Morgan fingerprint density at radius 2 is 2.20 bits per heavy atom. The number of carbonyl (C=O) groups excluding carboxylic acids is 2. The van der Waals surface area contributed by atoms with E-state index in [-0.39, 0.29) is 30.9 Å². The first-order valence-electron chi connectivity index (χ1n) is 8.86. The Balaban J connectivity index is 1.75. The van der Waals surface area contributed by atoms with Crippen molar-refractivity contribution in [2.45, 2.75) is 39.2 Å². The third-order valence-corrected chi connectivity index (χ3v) is 5.40. The summed E-state index contributed by atoms with van der Waals surface area (Å²) in [6, 6.07) is 5.63. The molecule has 2 aliphatic rings. The van der Waals surface area contributed by atoms with E-state index in [4.69, 9.17) is 4.74 Å². The van der Waals surface area contributed by atoms with Crippen LogP contribution in [0, 0.1) is 12.8 Å². The van der Waals surface area contributed by atoms with Crippen LogP contribution in [-0.2, 0) is 9.59 Å². The van der Waals surface area contributed by atoms with Gasteiger partial charge in [-0.05, 0) is 44.4 Å². The quantitative estimate of drug-likeness (QED) is 0.905. The van der Waals surface area contributed by atoms with Crippen molar-refractivity contribution in [2.75, 3.05) is 31.1 Å². The monoisotopic (exact) mass is 346 g/mol. The highest BCUT2D eigenvalue weighted by molar-refractivity contribution is 6.02. The lowest BCUT2D eigenvalue weighted by Crippen LogP contribution is -2.54. The number of hydrogen-bond acceptors (Lipinski definition) is 4. The maximum atomic E-state index is 12.8. The summed E-state index contributed by atoms with van der Waals surface area (Å²) in [5.41, 5.74) is 0.930. The second-order valence-corrected chi connectivity index (χ2v) is 7.29. The Hall–Kier alpha value is -2.08. The van der Waals surface area contributed by atoms with Crippen LogP contribution in [0.2, 0.25) is 0 Å². The predicted molar refractivity (Wildman–Crippen MR) is 94.6 cm³/mol. The van der Waals surface area contributed by atoms with Gasteiger partial charge < -0.3 is 14.7 Å². The molecule has 6 heteroatoms. The zero-order chi connectivity index (χ0) is 18.2. The minimum atomic E-state index is -0.732. The zero-order valence-electron chi connectivity index (χ0n) is 15.1. The van der Waals surface area contributed by atoms with Crippen molar-refractivity contribution >= 4 is 17.5 Å². The van der Waals surface area contributed by atoms with Crippen molar-refractivity contribution in [1.29, 1.82) is 0 Å². The van der Waals surface area contributed by atoms with Crippen LogP contribution >= 0.6 is 0 Å². The minimum absolute atomic E-state index is 0.0111. The number of benzene rings is 1. The van der Waals surface area contributed by atoms with Crippen LogP contribution in [0.4, 0.5) is 5.69 Å². The molecular weight excluding hydrogens is 320 g/mol. The number of hydrogen-bond donors (Lipinski definition) is 1. The van der Waals surface area contributed by atoms with Gasteiger partial charge in [0.1, 0.15) is 12.3 Å². The first kappa shape index (κ1) is 17.7. The molecule has 1 aromatic carbocycles. The molecule has 1 saturated heterocycles. The summed E-state index contributed by atoms with van der Waals surface area (Å²) in [6.07, 6.45) is 1.37. The van der Waals surface area contributed by atoms with Gasteiger partial charge >= 0.3 is 0 Å². The SMILES string of the molecule is CC[C@@H]1CN(C(=O)CN2C(=O)COc3ccc(C)cc32)CC[C@]1(C)O. The predicted octanol–water partition coefficient (Wildman–Crippen LogP) is 1.73. The fraction of sp³-hybridized carbons (Fsp3) is 0.579. The molecule has 0 radical (unpaired) electrons. The molecule has 6 nitrogen and oxygen atoms in total. The van der Waals surface area contributed by atoms with Gasteiger partial charge in [-0.3, -0.25) is 14.5 Å². The number of ether oxygens (including phenoxy) is 1. The van der Waals surface area contributed by atoms with Crippen molar-refractivity contribution in [1.82, 2.24) is 4.90 Å². The van der Waals surface area contributed by atoms with Crippen molar-refractivity contribution in [2.24, 2.45) is 5.92 Å². The van der Waals surface area contributed by atoms with Gasteiger partial charge in [0.05, 0.1) is 11.3 Å². The van der Waals surface area contributed by atoms with E-state index in [0.29, 0.717) is 30.9 Å². The van der Waals surface area contributed by atoms with Crippen LogP contribution in [0.25, 0.3) is 0 Å². The van der Waals surface area contributed by atoms with E-state index in [2.05, 4.69) is 0 Å². The van der Waals surface area contributed by atoms with Gasteiger partial charge in [-0.15, -0.1) is 0 Å². The largest absolute Gasteiger partial charge is 0.482 e. The molecule has 136 valence electrons. The molecule has 1 aromatic rings. The molecule has 0 spiro atoms. The number of likely N-dealkylation sites (tertiary alicyclic amines) is 1. The van der Waals surface area contributed by atoms with Crippen LogP contribution < -0.4 is 9.64 Å². The summed E-state index contributed by atoms with van der Waals surface area (Å²) < 4.78 is 5.46. The number of rotatable bonds is 3. The number of fused-ring (bicyclic) bond motifs is 1. The lowest BCUT2D eigenvalue weighted by atomic mass is 9.81. The Morgan fingerprint density at radius 3 is 2.92 bits per heavy atom. The van der Waals surface area contributed by atoms with Gasteiger partial charge in [0.15, 0.2) is 6.61 Å². The maximum Gasteiger partial charge on any atom is 0.265 e. The van der Waals surface area contributed by atoms with Crippen molar-refractivity contribution in [3.63, 3.8) is 0 Å². The number of carbonyl (C=O) groups is 2. The van der Waals surface area contributed by atoms with E-state index in [1.807, 2.05) is 39.0 Å². The van der Waals surface area contributed by atoms with Crippen molar-refractivity contribution in [3.8, 4) is 5.75 Å². The first-order chi connectivity index (χ1) is 11.8. The second-order valence-electron chi connectivity index (χ2n) is 7.29. The molecule has 1 N–H and O–H groups in total. The van der Waals surface area contributed by atoms with Gasteiger partial charge in [0.2, 0.25) is 5.91 Å². The molecule has 0 saturated carbocycles. The molecule has 0 aromatic heterocycles. The average molecular weight is 346 g/mol. The topological polar surface area (TPSA) is 70.1 Å². The van der Waals surface area contributed by atoms with Gasteiger partial charge in [-0.2, -0.15) is 0 Å². The molecule has 0 aliphatic carbocycles. The fourth-order valence-corrected chi connectivity index (χ4v) is 3.64. The lowest BCUT2D eigenvalue weighted by molar-refractivity contribution is -0.138.